The minimum Gasteiger partial charge on any atom is -0.481 e. The van der Waals surface area contributed by atoms with E-state index in [1.54, 1.807) is 4.90 Å². The van der Waals surface area contributed by atoms with Gasteiger partial charge in [0.2, 0.25) is 5.91 Å². The summed E-state index contributed by atoms with van der Waals surface area (Å²) in [6.45, 7) is 1.19. The maximum atomic E-state index is 12.3. The van der Waals surface area contributed by atoms with Crippen molar-refractivity contribution in [3.8, 4) is 0 Å². The number of aliphatic carboxylic acids is 1. The average Bonchev–Trinajstić information content (AvgIpc) is 2.47. The van der Waals surface area contributed by atoms with Gasteiger partial charge >= 0.3 is 5.97 Å². The van der Waals surface area contributed by atoms with Gasteiger partial charge in [0, 0.05) is 19.5 Å². The SMILES string of the molecule is N[C@H](C(=O)N1CCC(CC(=O)O)CC1)c1ccccc1. The Labute approximate surface area is 118 Å². The number of hydrogen-bond donors (Lipinski definition) is 2. The van der Waals surface area contributed by atoms with E-state index in [-0.39, 0.29) is 18.2 Å². The van der Waals surface area contributed by atoms with Crippen LogP contribution >= 0.6 is 0 Å². The number of nitrogens with zero attached hydrogens (tertiary/aromatic N) is 1. The third kappa shape index (κ3) is 3.57. The molecule has 1 aliphatic heterocycles. The number of likely N-dealkylation sites (tertiary alicyclic amines) is 1. The molecule has 108 valence electrons. The highest BCUT2D eigenvalue weighted by Gasteiger charge is 2.27. The van der Waals surface area contributed by atoms with E-state index < -0.39 is 12.0 Å². The zero-order valence-corrected chi connectivity index (χ0v) is 11.4. The van der Waals surface area contributed by atoms with Crippen LogP contribution in [0.25, 0.3) is 0 Å². The first kappa shape index (κ1) is 14.5. The summed E-state index contributed by atoms with van der Waals surface area (Å²) in [6.07, 6.45) is 1.66. The second kappa shape index (κ2) is 6.52. The van der Waals surface area contributed by atoms with Crippen LogP contribution in [0.2, 0.25) is 0 Å². The van der Waals surface area contributed by atoms with Gasteiger partial charge in [0.15, 0.2) is 0 Å². The predicted octanol–water partition coefficient (Wildman–Crippen LogP) is 1.40. The second-order valence-electron chi connectivity index (χ2n) is 5.25. The monoisotopic (exact) mass is 276 g/mol. The topological polar surface area (TPSA) is 83.6 Å². The summed E-state index contributed by atoms with van der Waals surface area (Å²) >= 11 is 0. The molecule has 1 aliphatic rings. The molecule has 1 aromatic rings. The van der Waals surface area contributed by atoms with Crippen molar-refractivity contribution in [2.24, 2.45) is 11.7 Å². The zero-order chi connectivity index (χ0) is 14.5. The molecule has 0 spiro atoms. The summed E-state index contributed by atoms with van der Waals surface area (Å²) < 4.78 is 0. The average molecular weight is 276 g/mol. The van der Waals surface area contributed by atoms with Crippen LogP contribution in [0, 0.1) is 5.92 Å². The number of carbonyl (C=O) groups excluding carboxylic acids is 1. The third-order valence-electron chi connectivity index (χ3n) is 3.81. The molecule has 1 heterocycles. The number of benzene rings is 1. The van der Waals surface area contributed by atoms with E-state index in [9.17, 15) is 9.59 Å². The Morgan fingerprint density at radius 1 is 1.25 bits per heavy atom. The molecule has 1 saturated heterocycles. The Morgan fingerprint density at radius 3 is 2.40 bits per heavy atom. The molecule has 2 rings (SSSR count). The summed E-state index contributed by atoms with van der Waals surface area (Å²) in [4.78, 5) is 24.7. The standard InChI is InChI=1S/C15H20N2O3/c16-14(12-4-2-1-3-5-12)15(20)17-8-6-11(7-9-17)10-13(18)19/h1-5,11,14H,6-10,16H2,(H,18,19)/t14-/m0/s1. The van der Waals surface area contributed by atoms with Gasteiger partial charge in [0.25, 0.3) is 0 Å². The molecule has 0 radical (unpaired) electrons. The van der Waals surface area contributed by atoms with Gasteiger partial charge in [-0.2, -0.15) is 0 Å². The van der Waals surface area contributed by atoms with Crippen molar-refractivity contribution in [3.05, 3.63) is 35.9 Å². The predicted molar refractivity (Wildman–Crippen MR) is 74.9 cm³/mol. The summed E-state index contributed by atoms with van der Waals surface area (Å²) in [5, 5.41) is 8.78. The number of rotatable bonds is 4. The zero-order valence-electron chi connectivity index (χ0n) is 11.4. The quantitative estimate of drug-likeness (QED) is 0.870. The first-order chi connectivity index (χ1) is 9.58. The molecule has 0 aliphatic carbocycles. The highest BCUT2D eigenvalue weighted by Crippen LogP contribution is 2.22. The number of hydrogen-bond acceptors (Lipinski definition) is 3. The molecular formula is C15H20N2O3. The van der Waals surface area contributed by atoms with E-state index in [4.69, 9.17) is 10.8 Å². The van der Waals surface area contributed by atoms with Crippen molar-refractivity contribution in [2.75, 3.05) is 13.1 Å². The summed E-state index contributed by atoms with van der Waals surface area (Å²) in [5.41, 5.74) is 6.81. The molecule has 20 heavy (non-hydrogen) atoms. The van der Waals surface area contributed by atoms with Crippen LogP contribution in [-0.2, 0) is 9.59 Å². The first-order valence-electron chi connectivity index (χ1n) is 6.89. The van der Waals surface area contributed by atoms with Crippen molar-refractivity contribution < 1.29 is 14.7 Å². The Balaban J connectivity index is 1.90. The molecule has 1 aromatic carbocycles. The molecule has 0 saturated carbocycles. The van der Waals surface area contributed by atoms with Crippen molar-refractivity contribution in [2.45, 2.75) is 25.3 Å². The third-order valence-corrected chi connectivity index (χ3v) is 3.81. The molecule has 0 aromatic heterocycles. The van der Waals surface area contributed by atoms with Crippen LogP contribution in [0.15, 0.2) is 30.3 Å². The van der Waals surface area contributed by atoms with Crippen molar-refractivity contribution in [1.82, 2.24) is 4.90 Å². The van der Waals surface area contributed by atoms with Crippen molar-refractivity contribution in [1.29, 1.82) is 0 Å². The van der Waals surface area contributed by atoms with E-state index in [1.807, 2.05) is 30.3 Å². The van der Waals surface area contributed by atoms with E-state index >= 15 is 0 Å². The smallest absolute Gasteiger partial charge is 0.303 e. The van der Waals surface area contributed by atoms with E-state index in [0.717, 1.165) is 18.4 Å². The van der Waals surface area contributed by atoms with Crippen LogP contribution in [0.4, 0.5) is 0 Å². The molecule has 1 amide bonds. The molecule has 0 bridgehead atoms. The first-order valence-corrected chi connectivity index (χ1v) is 6.89. The van der Waals surface area contributed by atoms with Crippen LogP contribution in [0.5, 0.6) is 0 Å². The molecule has 5 heteroatoms. The van der Waals surface area contributed by atoms with Gasteiger partial charge in [-0.15, -0.1) is 0 Å². The second-order valence-corrected chi connectivity index (χ2v) is 5.25. The number of piperidine rings is 1. The fraction of sp³-hybridized carbons (Fsp3) is 0.467. The number of carboxylic acids is 1. The van der Waals surface area contributed by atoms with E-state index in [1.165, 1.54) is 0 Å². The van der Waals surface area contributed by atoms with Crippen molar-refractivity contribution in [3.63, 3.8) is 0 Å². The summed E-state index contributed by atoms with van der Waals surface area (Å²) in [6, 6.07) is 8.67. The van der Waals surface area contributed by atoms with Gasteiger partial charge in [-0.3, -0.25) is 9.59 Å². The van der Waals surface area contributed by atoms with Crippen LogP contribution in [0.1, 0.15) is 30.9 Å². The van der Waals surface area contributed by atoms with Crippen molar-refractivity contribution >= 4 is 11.9 Å². The van der Waals surface area contributed by atoms with Gasteiger partial charge in [0.1, 0.15) is 6.04 Å². The van der Waals surface area contributed by atoms with Crippen LogP contribution in [-0.4, -0.2) is 35.0 Å². The lowest BCUT2D eigenvalue weighted by Crippen LogP contribution is -2.43. The van der Waals surface area contributed by atoms with E-state index in [2.05, 4.69) is 0 Å². The molecule has 1 fully saturated rings. The number of nitrogens with two attached hydrogens (primary N) is 1. The normalized spacial score (nSPS) is 17.8. The van der Waals surface area contributed by atoms with Crippen LogP contribution < -0.4 is 5.73 Å². The largest absolute Gasteiger partial charge is 0.481 e. The van der Waals surface area contributed by atoms with Gasteiger partial charge in [-0.25, -0.2) is 0 Å². The lowest BCUT2D eigenvalue weighted by molar-refractivity contribution is -0.138. The van der Waals surface area contributed by atoms with Crippen LogP contribution in [0.3, 0.4) is 0 Å². The minimum absolute atomic E-state index is 0.0787. The Morgan fingerprint density at radius 2 is 1.85 bits per heavy atom. The Bertz CT molecular complexity index is 467. The van der Waals surface area contributed by atoms with Gasteiger partial charge in [-0.05, 0) is 24.3 Å². The summed E-state index contributed by atoms with van der Waals surface area (Å²) in [5.74, 6) is -0.676. The summed E-state index contributed by atoms with van der Waals surface area (Å²) in [7, 11) is 0. The molecule has 0 unspecified atom stereocenters. The minimum atomic E-state index is -0.768. The maximum Gasteiger partial charge on any atom is 0.303 e. The Hall–Kier alpha value is -1.88. The number of amides is 1. The number of carboxylic acid groups (broad SMARTS) is 1. The highest BCUT2D eigenvalue weighted by atomic mass is 16.4. The van der Waals surface area contributed by atoms with E-state index in [0.29, 0.717) is 13.1 Å². The molecule has 3 N–H and O–H groups in total. The molecule has 1 atom stereocenters. The molecule has 5 nitrogen and oxygen atoms in total. The molecular weight excluding hydrogens is 256 g/mol. The fourth-order valence-corrected chi connectivity index (χ4v) is 2.60. The Kier molecular flexibility index (Phi) is 4.74. The highest BCUT2D eigenvalue weighted by molar-refractivity contribution is 5.83. The van der Waals surface area contributed by atoms with Gasteiger partial charge in [-0.1, -0.05) is 30.3 Å². The lowest BCUT2D eigenvalue weighted by atomic mass is 9.93. The van der Waals surface area contributed by atoms with Gasteiger partial charge in [0.05, 0.1) is 0 Å². The number of carbonyl (C=O) groups is 2. The fourth-order valence-electron chi connectivity index (χ4n) is 2.60. The van der Waals surface area contributed by atoms with Gasteiger partial charge < -0.3 is 15.7 Å². The maximum absolute atomic E-state index is 12.3. The lowest BCUT2D eigenvalue weighted by Gasteiger charge is -2.33.